The Morgan fingerprint density at radius 3 is 2.89 bits per heavy atom. The van der Waals surface area contributed by atoms with Crippen molar-refractivity contribution in [3.8, 4) is 0 Å². The number of rotatable bonds is 3. The molecule has 1 aliphatic heterocycles. The fourth-order valence-corrected chi connectivity index (χ4v) is 3.89. The van der Waals surface area contributed by atoms with E-state index in [-0.39, 0.29) is 16.1 Å². The van der Waals surface area contributed by atoms with Crippen LogP contribution >= 0.6 is 27.7 Å². The van der Waals surface area contributed by atoms with E-state index in [4.69, 9.17) is 5.84 Å². The van der Waals surface area contributed by atoms with E-state index in [0.29, 0.717) is 0 Å². The number of thioether (sulfide) groups is 1. The highest BCUT2D eigenvalue weighted by atomic mass is 79.9. The van der Waals surface area contributed by atoms with Crippen LogP contribution in [-0.2, 0) is 0 Å². The van der Waals surface area contributed by atoms with Crippen LogP contribution < -0.4 is 11.3 Å². The van der Waals surface area contributed by atoms with E-state index in [1.165, 1.54) is 12.1 Å². The molecule has 1 fully saturated rings. The molecule has 1 aromatic rings. The van der Waals surface area contributed by atoms with Crippen molar-refractivity contribution in [1.29, 1.82) is 0 Å². The molecule has 1 aromatic carbocycles. The van der Waals surface area contributed by atoms with Gasteiger partial charge in [-0.05, 0) is 35.1 Å². The van der Waals surface area contributed by atoms with Crippen molar-refractivity contribution in [3.05, 3.63) is 33.8 Å². The number of nitrogens with two attached hydrogens (primary N) is 1. The van der Waals surface area contributed by atoms with Crippen molar-refractivity contribution in [1.82, 2.24) is 10.3 Å². The molecule has 0 saturated carbocycles. The van der Waals surface area contributed by atoms with E-state index < -0.39 is 17.7 Å². The normalized spacial score (nSPS) is 22.5. The van der Waals surface area contributed by atoms with Gasteiger partial charge in [-0.1, -0.05) is 0 Å². The first-order chi connectivity index (χ1) is 9.06. The van der Waals surface area contributed by atoms with Gasteiger partial charge in [-0.15, -0.1) is 0 Å². The average Bonchev–Trinajstić information content (AvgIpc) is 2.40. The van der Waals surface area contributed by atoms with Crippen LogP contribution in [0, 0.1) is 11.6 Å². The number of hydrogen-bond acceptors (Lipinski definition) is 4. The minimum absolute atomic E-state index is 0.00350. The van der Waals surface area contributed by atoms with E-state index in [1.54, 1.807) is 11.8 Å². The third-order valence-electron chi connectivity index (χ3n) is 3.40. The Morgan fingerprint density at radius 1 is 1.53 bits per heavy atom. The van der Waals surface area contributed by atoms with Crippen LogP contribution in [0.4, 0.5) is 8.78 Å². The fourth-order valence-electron chi connectivity index (χ4n) is 2.27. The molecule has 1 aliphatic rings. The molecule has 106 valence electrons. The van der Waals surface area contributed by atoms with Crippen LogP contribution in [0.15, 0.2) is 16.6 Å². The number of hydrogen-bond donors (Lipinski definition) is 2. The second kappa shape index (κ2) is 6.49. The molecule has 7 heteroatoms. The summed E-state index contributed by atoms with van der Waals surface area (Å²) in [6.07, 6.45) is 0. The quantitative estimate of drug-likeness (QED) is 0.498. The van der Waals surface area contributed by atoms with Crippen LogP contribution in [0.25, 0.3) is 0 Å². The summed E-state index contributed by atoms with van der Waals surface area (Å²) in [5.74, 6) is 6.19. The van der Waals surface area contributed by atoms with Crippen molar-refractivity contribution in [3.63, 3.8) is 0 Å². The molecule has 2 unspecified atom stereocenters. The molecule has 0 radical (unpaired) electrons. The molecular weight excluding hydrogens is 336 g/mol. The highest BCUT2D eigenvalue weighted by Crippen LogP contribution is 2.32. The first kappa shape index (κ1) is 15.2. The Kier molecular flexibility index (Phi) is 5.19. The molecular formula is C12H16BrF2N3S. The van der Waals surface area contributed by atoms with Gasteiger partial charge in [0.2, 0.25) is 0 Å². The second-order valence-electron chi connectivity index (χ2n) is 4.52. The van der Waals surface area contributed by atoms with E-state index in [9.17, 15) is 8.78 Å². The van der Waals surface area contributed by atoms with E-state index >= 15 is 0 Å². The average molecular weight is 352 g/mol. The number of nitrogens with one attached hydrogen (secondary N) is 1. The Balaban J connectivity index is 2.39. The first-order valence-corrected chi connectivity index (χ1v) is 7.88. The zero-order valence-electron chi connectivity index (χ0n) is 10.5. The van der Waals surface area contributed by atoms with Gasteiger partial charge in [0.05, 0.1) is 10.5 Å². The molecule has 0 aliphatic carbocycles. The molecule has 3 nitrogen and oxygen atoms in total. The lowest BCUT2D eigenvalue weighted by molar-refractivity contribution is 0.210. The van der Waals surface area contributed by atoms with Crippen LogP contribution in [0.3, 0.4) is 0 Å². The van der Waals surface area contributed by atoms with Crippen molar-refractivity contribution < 1.29 is 8.78 Å². The van der Waals surface area contributed by atoms with Gasteiger partial charge in [0, 0.05) is 29.7 Å². The molecule has 1 saturated heterocycles. The maximum absolute atomic E-state index is 14.2. The topological polar surface area (TPSA) is 41.3 Å². The third-order valence-corrected chi connectivity index (χ3v) is 5.06. The number of nitrogens with zero attached hydrogens (tertiary/aromatic N) is 1. The standard InChI is InChI=1S/C12H16BrF2N3S/c1-18-4-5-19-6-9(18)12(17-16)10-8(14)3-2-7(13)11(10)15/h2-3,9,12,17H,4-6,16H2,1H3. The number of halogens is 3. The lowest BCUT2D eigenvalue weighted by Crippen LogP contribution is -2.50. The maximum atomic E-state index is 14.2. The van der Waals surface area contributed by atoms with E-state index in [1.807, 2.05) is 7.05 Å². The summed E-state index contributed by atoms with van der Waals surface area (Å²) < 4.78 is 28.4. The van der Waals surface area contributed by atoms with Gasteiger partial charge in [0.15, 0.2) is 0 Å². The lowest BCUT2D eigenvalue weighted by atomic mass is 9.98. The van der Waals surface area contributed by atoms with Crippen LogP contribution in [0.2, 0.25) is 0 Å². The molecule has 0 spiro atoms. The molecule has 19 heavy (non-hydrogen) atoms. The number of hydrazine groups is 1. The Hall–Kier alpha value is -0.210. The van der Waals surface area contributed by atoms with E-state index in [0.717, 1.165) is 18.1 Å². The molecule has 0 amide bonds. The summed E-state index contributed by atoms with van der Waals surface area (Å²) in [4.78, 5) is 2.08. The van der Waals surface area contributed by atoms with Gasteiger partial charge >= 0.3 is 0 Å². The number of likely N-dealkylation sites (N-methyl/N-ethyl adjacent to an activating group) is 1. The van der Waals surface area contributed by atoms with Crippen molar-refractivity contribution in [2.45, 2.75) is 12.1 Å². The van der Waals surface area contributed by atoms with Gasteiger partial charge < -0.3 is 0 Å². The molecule has 0 aromatic heterocycles. The summed E-state index contributed by atoms with van der Waals surface area (Å²) in [6, 6.07) is 2.00. The summed E-state index contributed by atoms with van der Waals surface area (Å²) in [6.45, 7) is 0.880. The zero-order chi connectivity index (χ0) is 14.0. The fraction of sp³-hybridized carbons (Fsp3) is 0.500. The Morgan fingerprint density at radius 2 is 2.26 bits per heavy atom. The second-order valence-corrected chi connectivity index (χ2v) is 6.53. The SMILES string of the molecule is CN1CCSCC1C(NN)c1c(F)ccc(Br)c1F. The van der Waals surface area contributed by atoms with Gasteiger partial charge in [0.1, 0.15) is 11.6 Å². The van der Waals surface area contributed by atoms with Gasteiger partial charge in [-0.3, -0.25) is 16.2 Å². The van der Waals surface area contributed by atoms with Gasteiger partial charge in [-0.2, -0.15) is 11.8 Å². The lowest BCUT2D eigenvalue weighted by Gasteiger charge is -2.37. The zero-order valence-corrected chi connectivity index (χ0v) is 12.9. The van der Waals surface area contributed by atoms with Crippen LogP contribution in [0.1, 0.15) is 11.6 Å². The van der Waals surface area contributed by atoms with Crippen LogP contribution in [0.5, 0.6) is 0 Å². The summed E-state index contributed by atoms with van der Waals surface area (Å²) in [5.41, 5.74) is 2.57. The first-order valence-electron chi connectivity index (χ1n) is 5.93. The predicted molar refractivity (Wildman–Crippen MR) is 77.9 cm³/mol. The molecule has 3 N–H and O–H groups in total. The van der Waals surface area contributed by atoms with Crippen molar-refractivity contribution in [2.75, 3.05) is 25.1 Å². The Bertz CT molecular complexity index is 461. The van der Waals surface area contributed by atoms with Gasteiger partial charge in [0.25, 0.3) is 0 Å². The molecule has 2 rings (SSSR count). The predicted octanol–water partition coefficient (Wildman–Crippen LogP) is 2.28. The van der Waals surface area contributed by atoms with Crippen molar-refractivity contribution >= 4 is 27.7 Å². The minimum Gasteiger partial charge on any atom is -0.300 e. The molecule has 0 bridgehead atoms. The van der Waals surface area contributed by atoms with E-state index in [2.05, 4.69) is 26.3 Å². The highest BCUT2D eigenvalue weighted by Gasteiger charge is 2.32. The van der Waals surface area contributed by atoms with Crippen LogP contribution in [-0.4, -0.2) is 36.0 Å². The number of benzene rings is 1. The Labute approximate surface area is 124 Å². The molecule has 2 atom stereocenters. The summed E-state index contributed by atoms with van der Waals surface area (Å²) >= 11 is 4.85. The third kappa shape index (κ3) is 3.11. The van der Waals surface area contributed by atoms with Gasteiger partial charge in [-0.25, -0.2) is 8.78 Å². The minimum atomic E-state index is -0.591. The monoisotopic (exact) mass is 351 g/mol. The molecule has 1 heterocycles. The highest BCUT2D eigenvalue weighted by molar-refractivity contribution is 9.10. The summed E-state index contributed by atoms with van der Waals surface area (Å²) in [5, 5.41) is 0. The summed E-state index contributed by atoms with van der Waals surface area (Å²) in [7, 11) is 1.95. The maximum Gasteiger partial charge on any atom is 0.145 e. The van der Waals surface area contributed by atoms with Crippen molar-refractivity contribution in [2.24, 2.45) is 5.84 Å². The largest absolute Gasteiger partial charge is 0.300 e. The smallest absolute Gasteiger partial charge is 0.145 e.